The van der Waals surface area contributed by atoms with Gasteiger partial charge in [-0.3, -0.25) is 9.59 Å². The van der Waals surface area contributed by atoms with Gasteiger partial charge in [-0.05, 0) is 40.8 Å². The molecule has 3 rings (SSSR count). The number of hydrogen-bond donors (Lipinski definition) is 2. The second-order valence-electron chi connectivity index (χ2n) is 8.33. The standard InChI is InChI=1S/C28H31N3O4/c1-19(2)26(28(33)31-29-18-20-15-16-23(34-3)24(17-20)35-4)30-27(32)25(21-11-7-5-8-12-21)22-13-9-6-10-14-22/h5-19,25-26H,1-4H3,(H,30,32)(H,31,33)/b29-18-/t26-/m1/s1. The van der Waals surface area contributed by atoms with Crippen molar-refractivity contribution in [1.29, 1.82) is 0 Å². The molecule has 0 aliphatic rings. The van der Waals surface area contributed by atoms with Gasteiger partial charge in [0.1, 0.15) is 6.04 Å². The Kier molecular flexibility index (Phi) is 9.01. The summed E-state index contributed by atoms with van der Waals surface area (Å²) in [4.78, 5) is 26.4. The van der Waals surface area contributed by atoms with Gasteiger partial charge in [0.05, 0.1) is 26.4 Å². The van der Waals surface area contributed by atoms with Gasteiger partial charge in [0.15, 0.2) is 11.5 Å². The summed E-state index contributed by atoms with van der Waals surface area (Å²) in [6.07, 6.45) is 1.51. The maximum Gasteiger partial charge on any atom is 0.262 e. The molecule has 3 aromatic rings. The predicted molar refractivity (Wildman–Crippen MR) is 137 cm³/mol. The summed E-state index contributed by atoms with van der Waals surface area (Å²) in [5.74, 6) is -0.181. The van der Waals surface area contributed by atoms with Crippen molar-refractivity contribution in [1.82, 2.24) is 10.7 Å². The average Bonchev–Trinajstić information content (AvgIpc) is 2.88. The third-order valence-corrected chi connectivity index (χ3v) is 5.57. The molecule has 0 aliphatic heterocycles. The zero-order valence-electron chi connectivity index (χ0n) is 20.4. The number of methoxy groups -OCH3 is 2. The van der Waals surface area contributed by atoms with Gasteiger partial charge in [0.25, 0.3) is 5.91 Å². The van der Waals surface area contributed by atoms with Crippen LogP contribution in [-0.4, -0.2) is 38.3 Å². The van der Waals surface area contributed by atoms with Crippen LogP contribution in [0.3, 0.4) is 0 Å². The number of ether oxygens (including phenoxy) is 2. The minimum absolute atomic E-state index is 0.151. The number of carbonyl (C=O) groups is 2. The maximum atomic E-state index is 13.4. The normalized spacial score (nSPS) is 11.9. The van der Waals surface area contributed by atoms with E-state index in [-0.39, 0.29) is 11.8 Å². The van der Waals surface area contributed by atoms with Crippen molar-refractivity contribution < 1.29 is 19.1 Å². The number of nitrogens with one attached hydrogen (secondary N) is 2. The van der Waals surface area contributed by atoms with Crippen molar-refractivity contribution in [2.24, 2.45) is 11.0 Å². The van der Waals surface area contributed by atoms with E-state index in [0.29, 0.717) is 11.5 Å². The molecule has 7 nitrogen and oxygen atoms in total. The molecule has 0 heterocycles. The first-order valence-electron chi connectivity index (χ1n) is 11.4. The largest absolute Gasteiger partial charge is 0.493 e. The average molecular weight is 474 g/mol. The van der Waals surface area contributed by atoms with E-state index in [4.69, 9.17) is 9.47 Å². The van der Waals surface area contributed by atoms with Gasteiger partial charge < -0.3 is 14.8 Å². The fourth-order valence-electron chi connectivity index (χ4n) is 3.73. The first-order chi connectivity index (χ1) is 16.9. The summed E-state index contributed by atoms with van der Waals surface area (Å²) in [7, 11) is 3.11. The smallest absolute Gasteiger partial charge is 0.262 e. The van der Waals surface area contributed by atoms with Crippen LogP contribution in [0.1, 0.15) is 36.5 Å². The third kappa shape index (κ3) is 6.69. The summed E-state index contributed by atoms with van der Waals surface area (Å²) in [6.45, 7) is 3.76. The Hall–Kier alpha value is -4.13. The molecule has 3 aromatic carbocycles. The summed E-state index contributed by atoms with van der Waals surface area (Å²) < 4.78 is 10.5. The zero-order chi connectivity index (χ0) is 25.2. The molecule has 2 amide bonds. The number of benzene rings is 3. The summed E-state index contributed by atoms with van der Waals surface area (Å²) in [6, 6.07) is 23.6. The van der Waals surface area contributed by atoms with E-state index < -0.39 is 17.9 Å². The fraction of sp³-hybridized carbons (Fsp3) is 0.250. The molecule has 0 aliphatic carbocycles. The third-order valence-electron chi connectivity index (χ3n) is 5.57. The van der Waals surface area contributed by atoms with E-state index in [0.717, 1.165) is 16.7 Å². The minimum Gasteiger partial charge on any atom is -0.493 e. The Labute approximate surface area is 206 Å². The quantitative estimate of drug-likeness (QED) is 0.342. The molecule has 1 atom stereocenters. The van der Waals surface area contributed by atoms with Crippen LogP contribution in [0.2, 0.25) is 0 Å². The number of carbonyl (C=O) groups excluding carboxylic acids is 2. The molecular formula is C28H31N3O4. The molecule has 0 bridgehead atoms. The van der Waals surface area contributed by atoms with E-state index in [1.165, 1.54) is 6.21 Å². The van der Waals surface area contributed by atoms with E-state index >= 15 is 0 Å². The Morgan fingerprint density at radius 3 is 1.89 bits per heavy atom. The molecule has 0 aromatic heterocycles. The van der Waals surface area contributed by atoms with Crippen LogP contribution in [-0.2, 0) is 9.59 Å². The lowest BCUT2D eigenvalue weighted by molar-refractivity contribution is -0.130. The number of amides is 2. The van der Waals surface area contributed by atoms with Crippen molar-refractivity contribution >= 4 is 18.0 Å². The van der Waals surface area contributed by atoms with Gasteiger partial charge in [-0.2, -0.15) is 5.10 Å². The molecular weight excluding hydrogens is 442 g/mol. The molecule has 7 heteroatoms. The highest BCUT2D eigenvalue weighted by atomic mass is 16.5. The van der Waals surface area contributed by atoms with Gasteiger partial charge in [-0.1, -0.05) is 74.5 Å². The fourth-order valence-corrected chi connectivity index (χ4v) is 3.73. The molecule has 0 saturated heterocycles. The molecule has 0 unspecified atom stereocenters. The highest BCUT2D eigenvalue weighted by molar-refractivity contribution is 5.93. The Balaban J connectivity index is 1.74. The first kappa shape index (κ1) is 25.5. The molecule has 182 valence electrons. The van der Waals surface area contributed by atoms with Crippen molar-refractivity contribution in [3.8, 4) is 11.5 Å². The molecule has 0 radical (unpaired) electrons. The van der Waals surface area contributed by atoms with Crippen LogP contribution in [0, 0.1) is 5.92 Å². The predicted octanol–water partition coefficient (Wildman–Crippen LogP) is 4.13. The lowest BCUT2D eigenvalue weighted by atomic mass is 9.89. The number of hydrazone groups is 1. The minimum atomic E-state index is -0.764. The van der Waals surface area contributed by atoms with Crippen molar-refractivity contribution in [3.05, 3.63) is 95.6 Å². The highest BCUT2D eigenvalue weighted by Crippen LogP contribution is 2.27. The highest BCUT2D eigenvalue weighted by Gasteiger charge is 2.29. The van der Waals surface area contributed by atoms with E-state index in [1.807, 2.05) is 74.5 Å². The monoisotopic (exact) mass is 473 g/mol. The second-order valence-corrected chi connectivity index (χ2v) is 8.33. The number of nitrogens with zero attached hydrogens (tertiary/aromatic N) is 1. The van der Waals surface area contributed by atoms with Gasteiger partial charge in [-0.25, -0.2) is 5.43 Å². The topological polar surface area (TPSA) is 89.0 Å². The van der Waals surface area contributed by atoms with E-state index in [1.54, 1.807) is 32.4 Å². The Morgan fingerprint density at radius 2 is 1.37 bits per heavy atom. The Bertz CT molecular complexity index is 1110. The SMILES string of the molecule is COc1ccc(/C=N\NC(=O)[C@H](NC(=O)C(c2ccccc2)c2ccccc2)C(C)C)cc1OC. The molecule has 2 N–H and O–H groups in total. The van der Waals surface area contributed by atoms with E-state index in [2.05, 4.69) is 15.8 Å². The molecule has 35 heavy (non-hydrogen) atoms. The van der Waals surface area contributed by atoms with Gasteiger partial charge in [0.2, 0.25) is 5.91 Å². The van der Waals surface area contributed by atoms with Gasteiger partial charge in [0, 0.05) is 0 Å². The first-order valence-corrected chi connectivity index (χ1v) is 11.4. The Morgan fingerprint density at radius 1 is 0.800 bits per heavy atom. The lowest BCUT2D eigenvalue weighted by Crippen LogP contribution is -2.50. The zero-order valence-corrected chi connectivity index (χ0v) is 20.4. The number of rotatable bonds is 10. The van der Waals surface area contributed by atoms with Gasteiger partial charge >= 0.3 is 0 Å². The van der Waals surface area contributed by atoms with Crippen LogP contribution in [0.4, 0.5) is 0 Å². The maximum absolute atomic E-state index is 13.4. The summed E-state index contributed by atoms with van der Waals surface area (Å²) in [5.41, 5.74) is 4.97. The van der Waals surface area contributed by atoms with Crippen LogP contribution in [0.25, 0.3) is 0 Å². The lowest BCUT2D eigenvalue weighted by Gasteiger charge is -2.24. The van der Waals surface area contributed by atoms with Crippen molar-refractivity contribution in [2.75, 3.05) is 14.2 Å². The van der Waals surface area contributed by atoms with Crippen LogP contribution >= 0.6 is 0 Å². The van der Waals surface area contributed by atoms with E-state index in [9.17, 15) is 9.59 Å². The van der Waals surface area contributed by atoms with Crippen LogP contribution < -0.4 is 20.2 Å². The second kappa shape index (κ2) is 12.4. The molecule has 0 fully saturated rings. The number of hydrogen-bond acceptors (Lipinski definition) is 5. The van der Waals surface area contributed by atoms with Gasteiger partial charge in [-0.15, -0.1) is 0 Å². The van der Waals surface area contributed by atoms with Crippen molar-refractivity contribution in [3.63, 3.8) is 0 Å². The summed E-state index contributed by atoms with van der Waals surface area (Å²) in [5, 5.41) is 7.01. The molecule has 0 spiro atoms. The van der Waals surface area contributed by atoms with Crippen LogP contribution in [0.15, 0.2) is 84.0 Å². The summed E-state index contributed by atoms with van der Waals surface area (Å²) >= 11 is 0. The molecule has 0 saturated carbocycles. The van der Waals surface area contributed by atoms with Crippen LogP contribution in [0.5, 0.6) is 11.5 Å². The van der Waals surface area contributed by atoms with Crippen molar-refractivity contribution in [2.45, 2.75) is 25.8 Å².